The average molecular weight is 671 g/mol. The number of aliphatic imine (C=N–C) groups is 2. The Kier molecular flexibility index (Phi) is 26.8. The Balaban J connectivity index is 2.01. The minimum atomic E-state index is 1.00. The van der Waals surface area contributed by atoms with Crippen LogP contribution < -0.4 is 0 Å². The third-order valence-electron chi connectivity index (χ3n) is 10.1. The van der Waals surface area contributed by atoms with E-state index in [9.17, 15) is 0 Å². The highest BCUT2D eigenvalue weighted by molar-refractivity contribution is 6.43. The molecule has 0 aromatic heterocycles. The summed E-state index contributed by atoms with van der Waals surface area (Å²) in [5, 5.41) is 0. The Hall–Kier alpha value is -2.22. The fourth-order valence-electron chi connectivity index (χ4n) is 6.92. The Morgan fingerprint density at radius 1 is 0.367 bits per heavy atom. The zero-order chi connectivity index (χ0) is 35.0. The second kappa shape index (κ2) is 30.6. The lowest BCUT2D eigenvalue weighted by molar-refractivity contribution is 0.556. The van der Waals surface area contributed by atoms with E-state index in [-0.39, 0.29) is 0 Å². The first kappa shape index (κ1) is 42.9. The number of hydrogen-bond acceptors (Lipinski definition) is 2. The van der Waals surface area contributed by atoms with E-state index in [0.717, 1.165) is 43.5 Å². The van der Waals surface area contributed by atoms with Gasteiger partial charge in [-0.25, -0.2) is 0 Å². The molecule has 0 amide bonds. The quantitative estimate of drug-likeness (QED) is 0.0547. The van der Waals surface area contributed by atoms with Crippen LogP contribution in [0.1, 0.15) is 212 Å². The zero-order valence-corrected chi connectivity index (χ0v) is 33.0. The predicted molar refractivity (Wildman–Crippen MR) is 222 cm³/mol. The lowest BCUT2D eigenvalue weighted by Gasteiger charge is -2.12. The van der Waals surface area contributed by atoms with Crippen LogP contribution in [-0.2, 0) is 12.8 Å². The van der Waals surface area contributed by atoms with Crippen LogP contribution in [0.3, 0.4) is 0 Å². The summed E-state index contributed by atoms with van der Waals surface area (Å²) >= 11 is 0. The van der Waals surface area contributed by atoms with Gasteiger partial charge in [0.15, 0.2) is 0 Å². The summed E-state index contributed by atoms with van der Waals surface area (Å²) < 4.78 is 0. The van der Waals surface area contributed by atoms with E-state index in [1.165, 1.54) is 177 Å². The highest BCUT2D eigenvalue weighted by Crippen LogP contribution is 2.23. The normalized spacial score (nSPS) is 12.2. The van der Waals surface area contributed by atoms with Gasteiger partial charge in [-0.2, -0.15) is 0 Å². The molecule has 2 rings (SSSR count). The molecule has 0 aliphatic carbocycles. The van der Waals surface area contributed by atoms with Crippen molar-refractivity contribution >= 4 is 22.8 Å². The Morgan fingerprint density at radius 2 is 0.694 bits per heavy atom. The van der Waals surface area contributed by atoms with Crippen molar-refractivity contribution in [3.05, 3.63) is 59.7 Å². The maximum absolute atomic E-state index is 5.35. The molecule has 0 radical (unpaired) electrons. The first-order valence-electron chi connectivity index (χ1n) is 21.5. The monoisotopic (exact) mass is 671 g/mol. The smallest absolute Gasteiger partial charge is 0.0636 e. The van der Waals surface area contributed by atoms with E-state index in [2.05, 4.69) is 76.2 Å². The first-order valence-corrected chi connectivity index (χ1v) is 21.5. The van der Waals surface area contributed by atoms with Crippen molar-refractivity contribution in [3.63, 3.8) is 0 Å². The standard InChI is InChI=1S/C47H78N2/c1-5-9-13-15-17-19-21-23-25-28-32-42-34-30-36-44(40-42)48-46(38-12-8-4)47(39-27-11-7-3)49-45-37-31-35-43(41-45)33-29-26-24-22-20-18-16-14-10-6-2/h30-31,34-37,40-41H,5-29,32-33,38-39H2,1-4H3. The minimum Gasteiger partial charge on any atom is -0.252 e. The minimum absolute atomic E-state index is 1.00. The van der Waals surface area contributed by atoms with Crippen LogP contribution in [0, 0.1) is 0 Å². The topological polar surface area (TPSA) is 24.7 Å². The van der Waals surface area contributed by atoms with Gasteiger partial charge in [0.25, 0.3) is 0 Å². The van der Waals surface area contributed by atoms with E-state index >= 15 is 0 Å². The van der Waals surface area contributed by atoms with Gasteiger partial charge in [-0.05, 0) is 86.8 Å². The molecule has 0 atom stereocenters. The van der Waals surface area contributed by atoms with E-state index < -0.39 is 0 Å². The van der Waals surface area contributed by atoms with Gasteiger partial charge >= 0.3 is 0 Å². The van der Waals surface area contributed by atoms with Gasteiger partial charge in [0.2, 0.25) is 0 Å². The lowest BCUT2D eigenvalue weighted by Crippen LogP contribution is -2.14. The van der Waals surface area contributed by atoms with Crippen LogP contribution in [0.25, 0.3) is 0 Å². The van der Waals surface area contributed by atoms with Crippen LogP contribution in [0.2, 0.25) is 0 Å². The fourth-order valence-corrected chi connectivity index (χ4v) is 6.92. The molecular formula is C47H78N2. The van der Waals surface area contributed by atoms with E-state index in [1.54, 1.807) is 0 Å². The molecule has 0 bridgehead atoms. The van der Waals surface area contributed by atoms with Gasteiger partial charge < -0.3 is 0 Å². The molecule has 2 nitrogen and oxygen atoms in total. The fraction of sp³-hybridized carbons (Fsp3) is 0.702. The second-order valence-corrected chi connectivity index (χ2v) is 14.9. The van der Waals surface area contributed by atoms with Gasteiger partial charge in [0, 0.05) is 0 Å². The van der Waals surface area contributed by atoms with Crippen LogP contribution in [0.4, 0.5) is 11.4 Å². The highest BCUT2D eigenvalue weighted by Gasteiger charge is 2.11. The van der Waals surface area contributed by atoms with Crippen LogP contribution in [0.15, 0.2) is 58.5 Å². The Labute approximate surface area is 305 Å². The molecule has 0 N–H and O–H groups in total. The third-order valence-corrected chi connectivity index (χ3v) is 10.1. The van der Waals surface area contributed by atoms with Gasteiger partial charge in [0.1, 0.15) is 0 Å². The van der Waals surface area contributed by atoms with Crippen LogP contribution in [-0.4, -0.2) is 11.4 Å². The average Bonchev–Trinajstić information content (AvgIpc) is 3.11. The van der Waals surface area contributed by atoms with Crippen molar-refractivity contribution in [2.75, 3.05) is 0 Å². The number of unbranched alkanes of at least 4 members (excludes halogenated alkanes) is 21. The van der Waals surface area contributed by atoms with Crippen LogP contribution >= 0.6 is 0 Å². The molecule has 0 fully saturated rings. The van der Waals surface area contributed by atoms with Gasteiger partial charge in [-0.1, -0.05) is 187 Å². The molecule has 0 aliphatic heterocycles. The van der Waals surface area contributed by atoms with E-state index in [4.69, 9.17) is 9.98 Å². The summed E-state index contributed by atoms with van der Waals surface area (Å²) in [4.78, 5) is 10.7. The van der Waals surface area contributed by atoms with Crippen LogP contribution in [0.5, 0.6) is 0 Å². The summed E-state index contributed by atoms with van der Waals surface area (Å²) in [5.74, 6) is 0. The number of nitrogens with zero attached hydrogens (tertiary/aromatic N) is 2. The SMILES string of the molecule is CCCCCCCCCCCCc1cccc(N=C(CCCC)C(CCCCC)=Nc2cccc(CCCCCCCCCCCC)c2)c1. The molecule has 0 saturated carbocycles. The molecular weight excluding hydrogens is 593 g/mol. The molecule has 0 saturated heterocycles. The molecule has 0 aliphatic rings. The predicted octanol–water partition coefficient (Wildman–Crippen LogP) is 16.2. The number of rotatable bonds is 32. The second-order valence-electron chi connectivity index (χ2n) is 14.9. The summed E-state index contributed by atoms with van der Waals surface area (Å²) in [5.41, 5.74) is 7.48. The maximum Gasteiger partial charge on any atom is 0.0636 e. The number of benzene rings is 2. The molecule has 0 unspecified atom stereocenters. The molecule has 0 spiro atoms. The van der Waals surface area contributed by atoms with Gasteiger partial charge in [0.05, 0.1) is 22.8 Å². The lowest BCUT2D eigenvalue weighted by atomic mass is 10.0. The van der Waals surface area contributed by atoms with Crippen molar-refractivity contribution in [3.8, 4) is 0 Å². The molecule has 276 valence electrons. The highest BCUT2D eigenvalue weighted by atomic mass is 14.8. The van der Waals surface area contributed by atoms with E-state index in [0.29, 0.717) is 0 Å². The number of hydrogen-bond donors (Lipinski definition) is 0. The zero-order valence-electron chi connectivity index (χ0n) is 33.0. The molecule has 2 aromatic rings. The molecule has 2 aromatic carbocycles. The molecule has 49 heavy (non-hydrogen) atoms. The Morgan fingerprint density at radius 3 is 1.08 bits per heavy atom. The van der Waals surface area contributed by atoms with Crippen molar-refractivity contribution in [2.24, 2.45) is 9.98 Å². The summed E-state index contributed by atoms with van der Waals surface area (Å²) in [6.07, 6.45) is 38.0. The summed E-state index contributed by atoms with van der Waals surface area (Å²) in [7, 11) is 0. The van der Waals surface area contributed by atoms with Crippen molar-refractivity contribution in [2.45, 2.75) is 214 Å². The molecule has 0 heterocycles. The van der Waals surface area contributed by atoms with E-state index in [1.807, 2.05) is 0 Å². The summed E-state index contributed by atoms with van der Waals surface area (Å²) in [6, 6.07) is 18.1. The third kappa shape index (κ3) is 22.3. The van der Waals surface area contributed by atoms with Crippen molar-refractivity contribution < 1.29 is 0 Å². The van der Waals surface area contributed by atoms with Gasteiger partial charge in [-0.3, -0.25) is 9.98 Å². The summed E-state index contributed by atoms with van der Waals surface area (Å²) in [6.45, 7) is 9.18. The maximum atomic E-state index is 5.35. The number of aryl methyl sites for hydroxylation is 2. The molecule has 2 heteroatoms. The van der Waals surface area contributed by atoms with Crippen molar-refractivity contribution in [1.29, 1.82) is 0 Å². The Bertz CT molecular complexity index is 1110. The van der Waals surface area contributed by atoms with Crippen molar-refractivity contribution in [1.82, 2.24) is 0 Å². The first-order chi connectivity index (χ1) is 24.2. The largest absolute Gasteiger partial charge is 0.252 e. The van der Waals surface area contributed by atoms with Gasteiger partial charge in [-0.15, -0.1) is 0 Å².